The topological polar surface area (TPSA) is 179 Å². The summed E-state index contributed by atoms with van der Waals surface area (Å²) in [5.41, 5.74) is 5.68. The highest BCUT2D eigenvalue weighted by atomic mass is 32.1. The Labute approximate surface area is 167 Å². The molecule has 4 unspecified atom stereocenters. The minimum absolute atomic E-state index is 0.134. The molecule has 0 radical (unpaired) electrons. The molecule has 0 bridgehead atoms. The normalized spacial score (nSPS) is 19.4. The highest BCUT2D eigenvalue weighted by Crippen LogP contribution is 2.18. The fourth-order valence-corrected chi connectivity index (χ4v) is 2.95. The molecule has 1 saturated heterocycles. The molecule has 6 N–H and O–H groups in total. The number of carboxylic acids is 2. The van der Waals surface area contributed by atoms with E-state index in [1.807, 2.05) is 0 Å². The Morgan fingerprint density at radius 3 is 2.39 bits per heavy atom. The second kappa shape index (κ2) is 10.9. The largest absolute Gasteiger partial charge is 0.481 e. The van der Waals surface area contributed by atoms with Gasteiger partial charge in [-0.15, -0.1) is 0 Å². The van der Waals surface area contributed by atoms with E-state index in [1.165, 1.54) is 11.8 Å². The zero-order chi connectivity index (χ0) is 21.4. The first-order valence-electron chi connectivity index (χ1n) is 8.80. The van der Waals surface area contributed by atoms with Gasteiger partial charge in [-0.25, -0.2) is 4.79 Å². The molecule has 1 heterocycles. The van der Waals surface area contributed by atoms with Crippen molar-refractivity contribution in [3.8, 4) is 0 Å². The average Bonchev–Trinajstić information content (AvgIpc) is 3.12. The van der Waals surface area contributed by atoms with Gasteiger partial charge in [0.15, 0.2) is 0 Å². The van der Waals surface area contributed by atoms with Crippen molar-refractivity contribution in [2.24, 2.45) is 5.73 Å². The highest BCUT2D eigenvalue weighted by Gasteiger charge is 2.37. The van der Waals surface area contributed by atoms with Crippen LogP contribution in [0.2, 0.25) is 0 Å². The fraction of sp³-hybridized carbons (Fsp3) is 0.688. The molecule has 0 spiro atoms. The number of likely N-dealkylation sites (tertiary alicyclic amines) is 1. The van der Waals surface area contributed by atoms with Crippen LogP contribution in [0, 0.1) is 0 Å². The van der Waals surface area contributed by atoms with Gasteiger partial charge in [0.25, 0.3) is 0 Å². The molecule has 12 heteroatoms. The van der Waals surface area contributed by atoms with E-state index < -0.39 is 60.2 Å². The van der Waals surface area contributed by atoms with Crippen LogP contribution in [-0.2, 0) is 24.0 Å². The molecule has 0 aromatic heterocycles. The maximum atomic E-state index is 12.5. The van der Waals surface area contributed by atoms with Gasteiger partial charge in [0, 0.05) is 18.7 Å². The molecule has 0 aliphatic carbocycles. The van der Waals surface area contributed by atoms with Gasteiger partial charge in [0.05, 0.1) is 6.04 Å². The number of thiol groups is 1. The molecule has 0 saturated carbocycles. The Balaban J connectivity index is 2.66. The van der Waals surface area contributed by atoms with Crippen LogP contribution in [0.3, 0.4) is 0 Å². The summed E-state index contributed by atoms with van der Waals surface area (Å²) in [7, 11) is 0. The molecular formula is C16H26N4O7S. The maximum Gasteiger partial charge on any atom is 0.326 e. The molecule has 1 aliphatic rings. The number of rotatable bonds is 10. The summed E-state index contributed by atoms with van der Waals surface area (Å²) in [6, 6.07) is -4.06. The molecule has 1 fully saturated rings. The lowest BCUT2D eigenvalue weighted by atomic mass is 10.1. The smallest absolute Gasteiger partial charge is 0.326 e. The molecular weight excluding hydrogens is 392 g/mol. The number of hydrogen-bond acceptors (Lipinski definition) is 7. The summed E-state index contributed by atoms with van der Waals surface area (Å²) in [5, 5.41) is 22.4. The summed E-state index contributed by atoms with van der Waals surface area (Å²) >= 11 is 3.98. The van der Waals surface area contributed by atoms with E-state index in [0.29, 0.717) is 19.4 Å². The molecule has 0 aromatic rings. The Morgan fingerprint density at radius 2 is 1.86 bits per heavy atom. The minimum Gasteiger partial charge on any atom is -0.481 e. The van der Waals surface area contributed by atoms with Gasteiger partial charge in [-0.3, -0.25) is 19.2 Å². The molecule has 158 valence electrons. The van der Waals surface area contributed by atoms with Crippen LogP contribution in [0.1, 0.15) is 32.6 Å². The molecule has 0 aromatic carbocycles. The predicted molar refractivity (Wildman–Crippen MR) is 101 cm³/mol. The third kappa shape index (κ3) is 6.68. The van der Waals surface area contributed by atoms with E-state index >= 15 is 0 Å². The first-order valence-corrected chi connectivity index (χ1v) is 9.44. The monoisotopic (exact) mass is 418 g/mol. The highest BCUT2D eigenvalue weighted by molar-refractivity contribution is 7.80. The van der Waals surface area contributed by atoms with E-state index in [9.17, 15) is 24.0 Å². The Bertz CT molecular complexity index is 630. The summed E-state index contributed by atoms with van der Waals surface area (Å²) in [5.74, 6) is -4.14. The predicted octanol–water partition coefficient (Wildman–Crippen LogP) is -1.83. The first kappa shape index (κ1) is 23.7. The first-order chi connectivity index (χ1) is 13.1. The van der Waals surface area contributed by atoms with E-state index in [4.69, 9.17) is 15.9 Å². The second-order valence-electron chi connectivity index (χ2n) is 6.54. The number of nitrogens with two attached hydrogens (primary N) is 1. The Kier molecular flexibility index (Phi) is 9.19. The number of carbonyl (C=O) groups is 5. The second-order valence-corrected chi connectivity index (χ2v) is 6.91. The van der Waals surface area contributed by atoms with Crippen LogP contribution in [-0.4, -0.2) is 81.2 Å². The Hall–Kier alpha value is -2.34. The van der Waals surface area contributed by atoms with E-state index in [0.717, 1.165) is 0 Å². The van der Waals surface area contributed by atoms with Crippen LogP contribution in [0.4, 0.5) is 0 Å². The van der Waals surface area contributed by atoms with Crippen molar-refractivity contribution >= 4 is 42.3 Å². The van der Waals surface area contributed by atoms with E-state index in [2.05, 4.69) is 23.3 Å². The lowest BCUT2D eigenvalue weighted by Gasteiger charge is -2.27. The van der Waals surface area contributed by atoms with Crippen molar-refractivity contribution in [2.75, 3.05) is 12.3 Å². The summed E-state index contributed by atoms with van der Waals surface area (Å²) < 4.78 is 0. The van der Waals surface area contributed by atoms with E-state index in [-0.39, 0.29) is 12.2 Å². The van der Waals surface area contributed by atoms with Gasteiger partial charge in [-0.05, 0) is 26.2 Å². The quantitative estimate of drug-likeness (QED) is 0.224. The molecule has 11 nitrogen and oxygen atoms in total. The van der Waals surface area contributed by atoms with Crippen LogP contribution in [0.5, 0.6) is 0 Å². The summed E-state index contributed by atoms with van der Waals surface area (Å²) in [6.07, 6.45) is 0.313. The lowest BCUT2D eigenvalue weighted by molar-refractivity contribution is -0.143. The minimum atomic E-state index is -1.39. The van der Waals surface area contributed by atoms with Crippen LogP contribution >= 0.6 is 12.6 Å². The van der Waals surface area contributed by atoms with Gasteiger partial charge >= 0.3 is 11.9 Å². The third-order valence-corrected chi connectivity index (χ3v) is 4.76. The summed E-state index contributed by atoms with van der Waals surface area (Å²) in [6.45, 7) is 1.74. The molecule has 4 atom stereocenters. The number of amides is 3. The van der Waals surface area contributed by atoms with Crippen LogP contribution < -0.4 is 16.4 Å². The number of nitrogens with zero attached hydrogens (tertiary/aromatic N) is 1. The van der Waals surface area contributed by atoms with Gasteiger partial charge in [-0.1, -0.05) is 0 Å². The fourth-order valence-electron chi connectivity index (χ4n) is 2.79. The van der Waals surface area contributed by atoms with Gasteiger partial charge in [-0.2, -0.15) is 12.6 Å². The Morgan fingerprint density at radius 1 is 1.21 bits per heavy atom. The summed E-state index contributed by atoms with van der Waals surface area (Å²) in [4.78, 5) is 60.0. The number of nitrogens with one attached hydrogen (secondary N) is 2. The van der Waals surface area contributed by atoms with Crippen molar-refractivity contribution in [1.29, 1.82) is 0 Å². The van der Waals surface area contributed by atoms with Crippen molar-refractivity contribution in [3.63, 3.8) is 0 Å². The number of carbonyl (C=O) groups excluding carboxylic acids is 3. The zero-order valence-electron chi connectivity index (χ0n) is 15.5. The van der Waals surface area contributed by atoms with Crippen LogP contribution in [0.25, 0.3) is 0 Å². The SMILES string of the molecule is CC(NC(=O)C1CCCN1C(=O)C(N)CS)C(=O)NC(CCC(=O)O)C(=O)O. The zero-order valence-corrected chi connectivity index (χ0v) is 16.4. The molecule has 1 rings (SSSR count). The molecule has 28 heavy (non-hydrogen) atoms. The van der Waals surface area contributed by atoms with Crippen molar-refractivity contribution in [3.05, 3.63) is 0 Å². The van der Waals surface area contributed by atoms with Crippen molar-refractivity contribution in [2.45, 2.75) is 56.8 Å². The number of carboxylic acid groups (broad SMARTS) is 2. The average molecular weight is 418 g/mol. The van der Waals surface area contributed by atoms with E-state index in [1.54, 1.807) is 0 Å². The van der Waals surface area contributed by atoms with Gasteiger partial charge in [0.2, 0.25) is 17.7 Å². The van der Waals surface area contributed by atoms with Gasteiger partial charge in [0.1, 0.15) is 18.1 Å². The van der Waals surface area contributed by atoms with Gasteiger partial charge < -0.3 is 31.5 Å². The van der Waals surface area contributed by atoms with Crippen molar-refractivity contribution in [1.82, 2.24) is 15.5 Å². The van der Waals surface area contributed by atoms with Crippen LogP contribution in [0.15, 0.2) is 0 Å². The number of aliphatic carboxylic acids is 2. The standard InChI is InChI=1S/C16H26N4O7S/c1-8(13(23)19-10(16(26)27)4-5-12(21)22)18-14(24)11-3-2-6-20(11)15(25)9(17)7-28/h8-11,28H,2-7,17H2,1H3,(H,18,24)(H,19,23)(H,21,22)(H,26,27). The third-order valence-electron chi connectivity index (χ3n) is 4.37. The van der Waals surface area contributed by atoms with Crippen molar-refractivity contribution < 1.29 is 34.2 Å². The molecule has 3 amide bonds. The lowest BCUT2D eigenvalue weighted by Crippen LogP contribution is -2.56. The maximum absolute atomic E-state index is 12.5. The molecule has 1 aliphatic heterocycles. The number of hydrogen-bond donors (Lipinski definition) is 6.